The molecule has 7 heteroatoms. The van der Waals surface area contributed by atoms with Gasteiger partial charge in [0.05, 0.1) is 4.90 Å². The smallest absolute Gasteiger partial charge is 0.324 e. The molecule has 0 spiro atoms. The van der Waals surface area contributed by atoms with Crippen LogP contribution in [0.5, 0.6) is 0 Å². The van der Waals surface area contributed by atoms with Crippen molar-refractivity contribution in [2.75, 3.05) is 0 Å². The largest absolute Gasteiger partial charge is 0.480 e. The van der Waals surface area contributed by atoms with Crippen molar-refractivity contribution in [1.82, 2.24) is 9.71 Å². The van der Waals surface area contributed by atoms with E-state index in [9.17, 15) is 18.3 Å². The summed E-state index contributed by atoms with van der Waals surface area (Å²) in [6, 6.07) is 1.41. The van der Waals surface area contributed by atoms with Crippen molar-refractivity contribution >= 4 is 16.0 Å². The quantitative estimate of drug-likeness (QED) is 0.771. The van der Waals surface area contributed by atoms with Gasteiger partial charge in [0.15, 0.2) is 0 Å². The molecule has 1 aliphatic rings. The molecule has 1 aromatic rings. The summed E-state index contributed by atoms with van der Waals surface area (Å²) in [5, 5.41) is 9.47. The van der Waals surface area contributed by atoms with Crippen LogP contribution in [0.4, 0.5) is 0 Å². The molecule has 1 aromatic heterocycles. The van der Waals surface area contributed by atoms with Gasteiger partial charge in [-0.05, 0) is 37.7 Å². The minimum atomic E-state index is -3.81. The van der Waals surface area contributed by atoms with Gasteiger partial charge in [-0.15, -0.1) is 0 Å². The first-order valence-electron chi connectivity index (χ1n) is 6.80. The van der Waals surface area contributed by atoms with Gasteiger partial charge in [0.25, 0.3) is 0 Å². The summed E-state index contributed by atoms with van der Waals surface area (Å²) >= 11 is 0. The molecule has 0 amide bonds. The van der Waals surface area contributed by atoms with Gasteiger partial charge in [-0.2, -0.15) is 4.72 Å². The molecule has 0 bridgehead atoms. The van der Waals surface area contributed by atoms with E-state index in [0.717, 1.165) is 19.3 Å². The molecule has 2 rings (SSSR count). The number of hydrogen-bond donors (Lipinski definition) is 3. The molecule has 0 radical (unpaired) electrons. The number of sulfonamides is 1. The first-order valence-corrected chi connectivity index (χ1v) is 8.28. The number of aromatic nitrogens is 1. The number of H-pyrrole nitrogens is 1. The molecule has 1 aliphatic carbocycles. The third-order valence-corrected chi connectivity index (χ3v) is 5.69. The Kier molecular flexibility index (Phi) is 4.19. The topological polar surface area (TPSA) is 99.3 Å². The summed E-state index contributed by atoms with van der Waals surface area (Å²) in [5.41, 5.74) is -1.37. The van der Waals surface area contributed by atoms with Crippen molar-refractivity contribution in [1.29, 1.82) is 0 Å². The fraction of sp³-hybridized carbons (Fsp3) is 0.615. The van der Waals surface area contributed by atoms with Crippen molar-refractivity contribution in [2.24, 2.45) is 5.92 Å². The number of carbonyl (C=O) groups is 1. The van der Waals surface area contributed by atoms with Gasteiger partial charge in [0, 0.05) is 12.4 Å². The predicted octanol–water partition coefficient (Wildman–Crippen LogP) is 1.72. The van der Waals surface area contributed by atoms with E-state index in [0.29, 0.717) is 18.8 Å². The maximum atomic E-state index is 12.2. The summed E-state index contributed by atoms with van der Waals surface area (Å²) in [7, 11) is -3.81. The highest BCUT2D eigenvalue weighted by molar-refractivity contribution is 7.89. The van der Waals surface area contributed by atoms with Gasteiger partial charge in [-0.25, -0.2) is 8.42 Å². The Bertz CT molecular complexity index is 557. The Morgan fingerprint density at radius 2 is 2.15 bits per heavy atom. The number of aromatic amines is 1. The molecule has 0 saturated heterocycles. The zero-order chi connectivity index (χ0) is 14.8. The van der Waals surface area contributed by atoms with Crippen LogP contribution in [-0.2, 0) is 14.8 Å². The van der Waals surface area contributed by atoms with Crippen LogP contribution in [0.1, 0.15) is 39.0 Å². The van der Waals surface area contributed by atoms with Crippen LogP contribution in [0.25, 0.3) is 0 Å². The average molecular weight is 300 g/mol. The molecule has 0 atom stereocenters. The Morgan fingerprint density at radius 3 is 2.60 bits per heavy atom. The summed E-state index contributed by atoms with van der Waals surface area (Å²) in [5.74, 6) is -0.606. The minimum Gasteiger partial charge on any atom is -0.480 e. The number of hydrogen-bond acceptors (Lipinski definition) is 3. The maximum absolute atomic E-state index is 12.2. The zero-order valence-corrected chi connectivity index (χ0v) is 12.2. The van der Waals surface area contributed by atoms with E-state index in [-0.39, 0.29) is 4.90 Å². The molecule has 20 heavy (non-hydrogen) atoms. The molecular formula is C13H20N2O4S. The monoisotopic (exact) mass is 300 g/mol. The number of carboxylic acid groups (broad SMARTS) is 1. The summed E-state index contributed by atoms with van der Waals surface area (Å²) in [6.07, 6.45) is 5.98. The van der Waals surface area contributed by atoms with Gasteiger partial charge < -0.3 is 10.1 Å². The van der Waals surface area contributed by atoms with E-state index in [4.69, 9.17) is 0 Å². The minimum absolute atomic E-state index is 0.0655. The van der Waals surface area contributed by atoms with Gasteiger partial charge in [-0.3, -0.25) is 4.79 Å². The van der Waals surface area contributed by atoms with Crippen molar-refractivity contribution in [2.45, 2.75) is 49.5 Å². The lowest BCUT2D eigenvalue weighted by Gasteiger charge is -2.36. The van der Waals surface area contributed by atoms with Crippen LogP contribution in [0.3, 0.4) is 0 Å². The lowest BCUT2D eigenvalue weighted by molar-refractivity contribution is -0.145. The zero-order valence-electron chi connectivity index (χ0n) is 11.4. The SMILES string of the molecule is CCC1CCC(NS(=O)(=O)c2cc[nH]c2)(C(=O)O)CC1. The second-order valence-electron chi connectivity index (χ2n) is 5.39. The number of rotatable bonds is 5. The fourth-order valence-electron chi connectivity index (χ4n) is 2.73. The highest BCUT2D eigenvalue weighted by atomic mass is 32.2. The van der Waals surface area contributed by atoms with Gasteiger partial charge in [0.2, 0.25) is 10.0 Å². The summed E-state index contributed by atoms with van der Waals surface area (Å²) < 4.78 is 26.9. The van der Waals surface area contributed by atoms with Crippen LogP contribution >= 0.6 is 0 Å². The standard InChI is InChI=1S/C13H20N2O4S/c1-2-10-3-6-13(7-4-10,12(16)17)15-20(18,19)11-5-8-14-9-11/h5,8-10,14-15H,2-4,6-7H2,1H3,(H,16,17). The Labute approximate surface area is 118 Å². The number of carboxylic acids is 1. The van der Waals surface area contributed by atoms with Crippen LogP contribution in [-0.4, -0.2) is 30.0 Å². The molecule has 1 fully saturated rings. The molecule has 1 heterocycles. The van der Waals surface area contributed by atoms with E-state index in [1.807, 2.05) is 0 Å². The van der Waals surface area contributed by atoms with Crippen LogP contribution < -0.4 is 4.72 Å². The second kappa shape index (κ2) is 5.57. The molecule has 1 saturated carbocycles. The van der Waals surface area contributed by atoms with E-state index >= 15 is 0 Å². The third kappa shape index (κ3) is 2.88. The van der Waals surface area contributed by atoms with Crippen LogP contribution in [0, 0.1) is 5.92 Å². The molecule has 0 aliphatic heterocycles. The summed E-state index contributed by atoms with van der Waals surface area (Å²) in [4.78, 5) is 14.3. The Morgan fingerprint density at radius 1 is 1.50 bits per heavy atom. The second-order valence-corrected chi connectivity index (χ2v) is 7.07. The Hall–Kier alpha value is -1.34. The lowest BCUT2D eigenvalue weighted by atomic mass is 9.76. The maximum Gasteiger partial charge on any atom is 0.324 e. The van der Waals surface area contributed by atoms with E-state index in [1.54, 1.807) is 0 Å². The predicted molar refractivity (Wildman–Crippen MR) is 73.7 cm³/mol. The lowest BCUT2D eigenvalue weighted by Crippen LogP contribution is -2.56. The number of aliphatic carboxylic acids is 1. The van der Waals surface area contributed by atoms with Gasteiger partial charge in [-0.1, -0.05) is 13.3 Å². The molecule has 3 N–H and O–H groups in total. The average Bonchev–Trinajstić information content (AvgIpc) is 2.93. The molecular weight excluding hydrogens is 280 g/mol. The molecule has 112 valence electrons. The van der Waals surface area contributed by atoms with E-state index < -0.39 is 21.5 Å². The fourth-order valence-corrected chi connectivity index (χ4v) is 4.12. The molecule has 0 aromatic carbocycles. The van der Waals surface area contributed by atoms with E-state index in [2.05, 4.69) is 16.6 Å². The normalized spacial score (nSPS) is 27.4. The highest BCUT2D eigenvalue weighted by Crippen LogP contribution is 2.35. The van der Waals surface area contributed by atoms with Gasteiger partial charge in [0.1, 0.15) is 5.54 Å². The molecule has 0 unspecified atom stereocenters. The number of nitrogens with one attached hydrogen (secondary N) is 2. The summed E-state index contributed by atoms with van der Waals surface area (Å²) in [6.45, 7) is 2.07. The molecule has 6 nitrogen and oxygen atoms in total. The first kappa shape index (κ1) is 15.1. The van der Waals surface area contributed by atoms with Crippen molar-refractivity contribution in [3.63, 3.8) is 0 Å². The van der Waals surface area contributed by atoms with E-state index in [1.165, 1.54) is 18.5 Å². The first-order chi connectivity index (χ1) is 9.39. The Balaban J connectivity index is 2.21. The third-order valence-electron chi connectivity index (χ3n) is 4.15. The van der Waals surface area contributed by atoms with Crippen molar-refractivity contribution < 1.29 is 18.3 Å². The van der Waals surface area contributed by atoms with Crippen molar-refractivity contribution in [3.8, 4) is 0 Å². The highest BCUT2D eigenvalue weighted by Gasteiger charge is 2.44. The van der Waals surface area contributed by atoms with Crippen LogP contribution in [0.15, 0.2) is 23.4 Å². The van der Waals surface area contributed by atoms with Gasteiger partial charge >= 0.3 is 5.97 Å². The van der Waals surface area contributed by atoms with Crippen LogP contribution in [0.2, 0.25) is 0 Å². The van der Waals surface area contributed by atoms with Crippen molar-refractivity contribution in [3.05, 3.63) is 18.5 Å².